The molecule has 1 saturated heterocycles. The van der Waals surface area contributed by atoms with Crippen LogP contribution in [0.1, 0.15) is 30.1 Å². The number of carbonyl (C=O) groups excluding carboxylic acids is 1. The van der Waals surface area contributed by atoms with Crippen LogP contribution < -0.4 is 10.6 Å². The lowest BCUT2D eigenvalue weighted by Gasteiger charge is -2.30. The molecular formula is C13H16ClFN2O. The summed E-state index contributed by atoms with van der Waals surface area (Å²) in [7, 11) is 0. The van der Waals surface area contributed by atoms with Gasteiger partial charge in [0.2, 0.25) is 0 Å². The third-order valence-electron chi connectivity index (χ3n) is 3.25. The summed E-state index contributed by atoms with van der Waals surface area (Å²) in [6.45, 7) is 3.02. The lowest BCUT2D eigenvalue weighted by molar-refractivity contribution is 0.0920. The van der Waals surface area contributed by atoms with Gasteiger partial charge in [0.25, 0.3) is 5.91 Å². The van der Waals surface area contributed by atoms with Crippen LogP contribution in [0, 0.1) is 5.82 Å². The summed E-state index contributed by atoms with van der Waals surface area (Å²) < 4.78 is 12.9. The minimum Gasteiger partial charge on any atom is -0.348 e. The fourth-order valence-corrected chi connectivity index (χ4v) is 2.41. The second-order valence-corrected chi connectivity index (χ2v) is 5.00. The van der Waals surface area contributed by atoms with Crippen molar-refractivity contribution in [1.82, 2.24) is 10.6 Å². The van der Waals surface area contributed by atoms with E-state index >= 15 is 0 Å². The van der Waals surface area contributed by atoms with Gasteiger partial charge in [0, 0.05) is 12.1 Å². The number of hydrogen-bond acceptors (Lipinski definition) is 2. The van der Waals surface area contributed by atoms with Gasteiger partial charge in [0.1, 0.15) is 5.82 Å². The van der Waals surface area contributed by atoms with E-state index in [4.69, 9.17) is 11.6 Å². The van der Waals surface area contributed by atoms with E-state index in [0.717, 1.165) is 25.5 Å². The fourth-order valence-electron chi connectivity index (χ4n) is 2.16. The Morgan fingerprint density at radius 2 is 2.33 bits per heavy atom. The van der Waals surface area contributed by atoms with E-state index in [-0.39, 0.29) is 23.0 Å². The molecule has 0 spiro atoms. The molecule has 1 heterocycles. The minimum absolute atomic E-state index is 0.0902. The molecule has 0 saturated carbocycles. The van der Waals surface area contributed by atoms with Gasteiger partial charge in [-0.15, -0.1) is 0 Å². The van der Waals surface area contributed by atoms with Gasteiger partial charge in [-0.2, -0.15) is 0 Å². The molecule has 1 aromatic carbocycles. The minimum atomic E-state index is -0.441. The zero-order chi connectivity index (χ0) is 13.1. The Balaban J connectivity index is 2.07. The molecule has 18 heavy (non-hydrogen) atoms. The standard InChI is InChI=1S/C13H16ClFN2O/c1-8-12(3-2-6-16-8)17-13(18)10-5-4-9(15)7-11(10)14/h4-5,7-8,12,16H,2-3,6H2,1H3,(H,17,18). The highest BCUT2D eigenvalue weighted by atomic mass is 35.5. The van der Waals surface area contributed by atoms with E-state index < -0.39 is 5.82 Å². The summed E-state index contributed by atoms with van der Waals surface area (Å²) in [6.07, 6.45) is 1.98. The largest absolute Gasteiger partial charge is 0.348 e. The van der Waals surface area contributed by atoms with Crippen LogP contribution in [0.3, 0.4) is 0 Å². The van der Waals surface area contributed by atoms with E-state index in [2.05, 4.69) is 10.6 Å². The number of hydrogen-bond donors (Lipinski definition) is 2. The predicted octanol–water partition coefficient (Wildman–Crippen LogP) is 2.35. The molecule has 1 fully saturated rings. The predicted molar refractivity (Wildman–Crippen MR) is 69.4 cm³/mol. The van der Waals surface area contributed by atoms with Crippen LogP contribution in [0.25, 0.3) is 0 Å². The molecule has 1 aliphatic rings. The van der Waals surface area contributed by atoms with Gasteiger partial charge in [-0.3, -0.25) is 4.79 Å². The Morgan fingerprint density at radius 1 is 1.56 bits per heavy atom. The Morgan fingerprint density at radius 3 is 3.00 bits per heavy atom. The maximum atomic E-state index is 12.9. The lowest BCUT2D eigenvalue weighted by atomic mass is 9.99. The average molecular weight is 271 g/mol. The molecule has 1 amide bonds. The lowest BCUT2D eigenvalue weighted by Crippen LogP contribution is -2.51. The van der Waals surface area contributed by atoms with Crippen molar-refractivity contribution in [2.45, 2.75) is 31.8 Å². The summed E-state index contributed by atoms with van der Waals surface area (Å²) in [4.78, 5) is 12.0. The van der Waals surface area contributed by atoms with Gasteiger partial charge in [0.05, 0.1) is 10.6 Å². The number of amides is 1. The maximum absolute atomic E-state index is 12.9. The van der Waals surface area contributed by atoms with Gasteiger partial charge in [-0.1, -0.05) is 11.6 Å². The number of piperidine rings is 1. The first-order valence-corrected chi connectivity index (χ1v) is 6.45. The van der Waals surface area contributed by atoms with Crippen LogP contribution in [0.4, 0.5) is 4.39 Å². The number of benzene rings is 1. The van der Waals surface area contributed by atoms with E-state index in [1.165, 1.54) is 12.1 Å². The van der Waals surface area contributed by atoms with Crippen molar-refractivity contribution in [2.24, 2.45) is 0 Å². The number of halogens is 2. The molecule has 0 bridgehead atoms. The third kappa shape index (κ3) is 3.00. The van der Waals surface area contributed by atoms with Crippen molar-refractivity contribution < 1.29 is 9.18 Å². The second-order valence-electron chi connectivity index (χ2n) is 4.59. The fraction of sp³-hybridized carbons (Fsp3) is 0.462. The maximum Gasteiger partial charge on any atom is 0.253 e. The van der Waals surface area contributed by atoms with Crippen LogP contribution in [-0.4, -0.2) is 24.5 Å². The first-order valence-electron chi connectivity index (χ1n) is 6.07. The molecule has 0 aromatic heterocycles. The molecule has 1 aliphatic heterocycles. The Labute approximate surface area is 111 Å². The molecule has 0 radical (unpaired) electrons. The molecule has 98 valence electrons. The second kappa shape index (κ2) is 5.67. The number of rotatable bonds is 2. The van der Waals surface area contributed by atoms with Gasteiger partial charge in [-0.25, -0.2) is 4.39 Å². The summed E-state index contributed by atoms with van der Waals surface area (Å²) >= 11 is 5.86. The third-order valence-corrected chi connectivity index (χ3v) is 3.57. The molecule has 2 rings (SSSR count). The topological polar surface area (TPSA) is 41.1 Å². The van der Waals surface area contributed by atoms with E-state index in [1.54, 1.807) is 0 Å². The molecule has 5 heteroatoms. The van der Waals surface area contributed by atoms with Gasteiger partial charge in [0.15, 0.2) is 0 Å². The monoisotopic (exact) mass is 270 g/mol. The molecular weight excluding hydrogens is 255 g/mol. The zero-order valence-corrected chi connectivity index (χ0v) is 10.9. The summed E-state index contributed by atoms with van der Waals surface area (Å²) in [6, 6.07) is 4.13. The number of carbonyl (C=O) groups is 1. The highest BCUT2D eigenvalue weighted by Crippen LogP contribution is 2.18. The van der Waals surface area contributed by atoms with Gasteiger partial charge < -0.3 is 10.6 Å². The first-order chi connectivity index (χ1) is 8.58. The van der Waals surface area contributed by atoms with Crippen LogP contribution in [0.5, 0.6) is 0 Å². The zero-order valence-electron chi connectivity index (χ0n) is 10.2. The number of nitrogens with one attached hydrogen (secondary N) is 2. The quantitative estimate of drug-likeness (QED) is 0.866. The average Bonchev–Trinajstić information content (AvgIpc) is 2.32. The van der Waals surface area contributed by atoms with Gasteiger partial charge >= 0.3 is 0 Å². The molecule has 2 atom stereocenters. The summed E-state index contributed by atoms with van der Waals surface area (Å²) in [5, 5.41) is 6.38. The SMILES string of the molecule is CC1NCCCC1NC(=O)c1ccc(F)cc1Cl. The molecule has 3 nitrogen and oxygen atoms in total. The smallest absolute Gasteiger partial charge is 0.253 e. The van der Waals surface area contributed by atoms with Crippen LogP contribution >= 0.6 is 11.6 Å². The highest BCUT2D eigenvalue weighted by molar-refractivity contribution is 6.33. The molecule has 1 aromatic rings. The van der Waals surface area contributed by atoms with Crippen molar-refractivity contribution >= 4 is 17.5 Å². The Hall–Kier alpha value is -1.13. The highest BCUT2D eigenvalue weighted by Gasteiger charge is 2.23. The molecule has 2 N–H and O–H groups in total. The molecule has 0 aliphatic carbocycles. The Kier molecular flexibility index (Phi) is 4.19. The van der Waals surface area contributed by atoms with Crippen molar-refractivity contribution in [3.05, 3.63) is 34.6 Å². The van der Waals surface area contributed by atoms with Crippen LogP contribution in [0.15, 0.2) is 18.2 Å². The van der Waals surface area contributed by atoms with Crippen molar-refractivity contribution in [3.8, 4) is 0 Å². The van der Waals surface area contributed by atoms with E-state index in [0.29, 0.717) is 5.56 Å². The van der Waals surface area contributed by atoms with Crippen molar-refractivity contribution in [3.63, 3.8) is 0 Å². The summed E-state index contributed by atoms with van der Waals surface area (Å²) in [5.74, 6) is -0.690. The van der Waals surface area contributed by atoms with E-state index in [1.807, 2.05) is 6.92 Å². The van der Waals surface area contributed by atoms with E-state index in [9.17, 15) is 9.18 Å². The van der Waals surface area contributed by atoms with Crippen molar-refractivity contribution in [2.75, 3.05) is 6.54 Å². The molecule has 2 unspecified atom stereocenters. The van der Waals surface area contributed by atoms with Crippen LogP contribution in [-0.2, 0) is 0 Å². The first kappa shape index (κ1) is 13.3. The Bertz CT molecular complexity index is 453. The summed E-state index contributed by atoms with van der Waals surface area (Å²) in [5.41, 5.74) is 0.316. The normalized spacial score (nSPS) is 23.7. The van der Waals surface area contributed by atoms with Gasteiger partial charge in [-0.05, 0) is 44.5 Å². The van der Waals surface area contributed by atoms with Crippen molar-refractivity contribution in [1.29, 1.82) is 0 Å². The van der Waals surface area contributed by atoms with Crippen LogP contribution in [0.2, 0.25) is 5.02 Å².